The molecule has 2 aromatic carbocycles. The van der Waals surface area contributed by atoms with Crippen LogP contribution in [0.2, 0.25) is 0 Å². The number of nitrogens with one attached hydrogen (secondary N) is 1. The van der Waals surface area contributed by atoms with Gasteiger partial charge in [-0.2, -0.15) is 0 Å². The number of nitrogen functional groups attached to an aromatic ring is 1. The zero-order valence-electron chi connectivity index (χ0n) is 11.3. The monoisotopic (exact) mass is 370 g/mol. The predicted octanol–water partition coefficient (Wildman–Crippen LogP) is 2.52. The fourth-order valence-corrected chi connectivity index (χ4v) is 3.83. The van der Waals surface area contributed by atoms with Gasteiger partial charge in [-0.25, -0.2) is 13.1 Å². The molecule has 0 fully saturated rings. The van der Waals surface area contributed by atoms with Crippen molar-refractivity contribution in [3.63, 3.8) is 0 Å². The lowest BCUT2D eigenvalue weighted by molar-refractivity contribution is 0.417. The van der Waals surface area contributed by atoms with Gasteiger partial charge in [-0.3, -0.25) is 0 Å². The van der Waals surface area contributed by atoms with Gasteiger partial charge in [0, 0.05) is 11.0 Å². The number of halogens is 1. The first-order valence-corrected chi connectivity index (χ1v) is 8.38. The van der Waals surface area contributed by atoms with E-state index in [9.17, 15) is 8.42 Å². The molecule has 0 unspecified atom stereocenters. The van der Waals surface area contributed by atoms with Crippen molar-refractivity contribution >= 4 is 31.6 Å². The molecule has 7 heteroatoms. The van der Waals surface area contributed by atoms with Crippen LogP contribution in [-0.4, -0.2) is 15.5 Å². The minimum absolute atomic E-state index is 0.151. The molecule has 21 heavy (non-hydrogen) atoms. The number of nitrogens with two attached hydrogens (primary N) is 1. The molecule has 0 spiro atoms. The number of ether oxygens (including phenoxy) is 1. The Balaban J connectivity index is 2.16. The molecule has 0 bridgehead atoms. The molecule has 2 aromatic rings. The molecule has 112 valence electrons. The first kappa shape index (κ1) is 15.8. The molecule has 0 heterocycles. The van der Waals surface area contributed by atoms with Crippen LogP contribution < -0.4 is 15.2 Å². The van der Waals surface area contributed by atoms with Crippen LogP contribution in [0.15, 0.2) is 51.8 Å². The van der Waals surface area contributed by atoms with Crippen molar-refractivity contribution in [3.05, 3.63) is 52.5 Å². The van der Waals surface area contributed by atoms with Gasteiger partial charge < -0.3 is 10.5 Å². The first-order chi connectivity index (χ1) is 9.94. The molecule has 0 radical (unpaired) electrons. The van der Waals surface area contributed by atoms with E-state index in [1.165, 1.54) is 13.2 Å². The highest BCUT2D eigenvalue weighted by molar-refractivity contribution is 9.10. The van der Waals surface area contributed by atoms with Crippen LogP contribution in [-0.2, 0) is 16.6 Å². The number of rotatable bonds is 5. The molecule has 0 aromatic heterocycles. The van der Waals surface area contributed by atoms with Crippen LogP contribution in [0.4, 0.5) is 5.69 Å². The predicted molar refractivity (Wildman–Crippen MR) is 85.6 cm³/mol. The summed E-state index contributed by atoms with van der Waals surface area (Å²) < 4.78 is 32.6. The number of hydrogen-bond acceptors (Lipinski definition) is 4. The Morgan fingerprint density at radius 3 is 2.57 bits per heavy atom. The molecule has 0 atom stereocenters. The zero-order valence-corrected chi connectivity index (χ0v) is 13.7. The van der Waals surface area contributed by atoms with E-state index in [0.29, 0.717) is 15.9 Å². The maximum absolute atomic E-state index is 12.2. The van der Waals surface area contributed by atoms with Crippen molar-refractivity contribution in [2.45, 2.75) is 11.4 Å². The maximum atomic E-state index is 12.2. The second-order valence-corrected chi connectivity index (χ2v) is 6.92. The average molecular weight is 371 g/mol. The molecule has 0 aliphatic heterocycles. The van der Waals surface area contributed by atoms with Crippen molar-refractivity contribution in [1.82, 2.24) is 4.72 Å². The van der Waals surface area contributed by atoms with Gasteiger partial charge in [0.2, 0.25) is 10.0 Å². The van der Waals surface area contributed by atoms with E-state index in [1.54, 1.807) is 36.4 Å². The topological polar surface area (TPSA) is 81.4 Å². The van der Waals surface area contributed by atoms with Gasteiger partial charge in [0.1, 0.15) is 5.75 Å². The Morgan fingerprint density at radius 2 is 1.95 bits per heavy atom. The lowest BCUT2D eigenvalue weighted by Gasteiger charge is -2.10. The van der Waals surface area contributed by atoms with E-state index in [0.717, 1.165) is 5.56 Å². The highest BCUT2D eigenvalue weighted by Crippen LogP contribution is 2.23. The minimum atomic E-state index is -3.59. The van der Waals surface area contributed by atoms with Gasteiger partial charge in [-0.05, 0) is 45.8 Å². The highest BCUT2D eigenvalue weighted by atomic mass is 79.9. The first-order valence-electron chi connectivity index (χ1n) is 6.10. The van der Waals surface area contributed by atoms with Crippen molar-refractivity contribution in [2.24, 2.45) is 0 Å². The van der Waals surface area contributed by atoms with E-state index in [1.807, 2.05) is 0 Å². The molecule has 2 rings (SSSR count). The summed E-state index contributed by atoms with van der Waals surface area (Å²) in [6.45, 7) is 0.151. The van der Waals surface area contributed by atoms with Crippen LogP contribution in [0.25, 0.3) is 0 Å². The SMILES string of the molecule is COc1ccc(CNS(=O)(=O)c2ccccc2Br)cc1N. The van der Waals surface area contributed by atoms with Gasteiger partial charge in [0.25, 0.3) is 0 Å². The molecular weight excluding hydrogens is 356 g/mol. The lowest BCUT2D eigenvalue weighted by atomic mass is 10.2. The summed E-state index contributed by atoms with van der Waals surface area (Å²) in [7, 11) is -2.06. The van der Waals surface area contributed by atoms with Gasteiger partial charge >= 0.3 is 0 Å². The smallest absolute Gasteiger partial charge is 0.241 e. The Hall–Kier alpha value is -1.57. The quantitative estimate of drug-likeness (QED) is 0.792. The Labute approximate surface area is 132 Å². The second-order valence-electron chi connectivity index (χ2n) is 4.33. The van der Waals surface area contributed by atoms with Crippen LogP contribution >= 0.6 is 15.9 Å². The van der Waals surface area contributed by atoms with Crippen LogP contribution in [0.3, 0.4) is 0 Å². The van der Waals surface area contributed by atoms with Crippen LogP contribution in [0, 0.1) is 0 Å². The number of hydrogen-bond donors (Lipinski definition) is 2. The highest BCUT2D eigenvalue weighted by Gasteiger charge is 2.16. The molecule has 3 N–H and O–H groups in total. The van der Waals surface area contributed by atoms with Crippen LogP contribution in [0.5, 0.6) is 5.75 Å². The molecule has 0 saturated carbocycles. The number of methoxy groups -OCH3 is 1. The maximum Gasteiger partial charge on any atom is 0.241 e. The third-order valence-corrected chi connectivity index (χ3v) is 5.30. The van der Waals surface area contributed by atoms with Crippen molar-refractivity contribution in [1.29, 1.82) is 0 Å². The summed E-state index contributed by atoms with van der Waals surface area (Å²) in [6.07, 6.45) is 0. The van der Waals surface area contributed by atoms with E-state index < -0.39 is 10.0 Å². The zero-order chi connectivity index (χ0) is 15.5. The van der Waals surface area contributed by atoms with Gasteiger partial charge in [0.15, 0.2) is 0 Å². The summed E-state index contributed by atoms with van der Waals surface area (Å²) >= 11 is 3.23. The van der Waals surface area contributed by atoms with Crippen molar-refractivity contribution in [3.8, 4) is 5.75 Å². The largest absolute Gasteiger partial charge is 0.495 e. The third kappa shape index (κ3) is 3.75. The number of benzene rings is 2. The molecule has 5 nitrogen and oxygen atoms in total. The van der Waals surface area contributed by atoms with Crippen molar-refractivity contribution in [2.75, 3.05) is 12.8 Å². The van der Waals surface area contributed by atoms with Gasteiger partial charge in [0.05, 0.1) is 17.7 Å². The Morgan fingerprint density at radius 1 is 1.24 bits per heavy atom. The van der Waals surface area contributed by atoms with E-state index in [4.69, 9.17) is 10.5 Å². The molecule has 0 aliphatic rings. The Bertz CT molecular complexity index is 748. The fraction of sp³-hybridized carbons (Fsp3) is 0.143. The Kier molecular flexibility index (Phi) is 4.87. The molecular formula is C14H15BrN2O3S. The standard InChI is InChI=1S/C14H15BrN2O3S/c1-20-13-7-6-10(8-12(13)16)9-17-21(18,19)14-5-3-2-4-11(14)15/h2-8,17H,9,16H2,1H3. The molecule has 0 aliphatic carbocycles. The van der Waals surface area contributed by atoms with Gasteiger partial charge in [-0.15, -0.1) is 0 Å². The second kappa shape index (κ2) is 6.46. The average Bonchev–Trinajstić information content (AvgIpc) is 2.45. The van der Waals surface area contributed by atoms with Crippen molar-refractivity contribution < 1.29 is 13.2 Å². The number of sulfonamides is 1. The third-order valence-electron chi connectivity index (χ3n) is 2.89. The van der Waals surface area contributed by atoms with E-state index in [-0.39, 0.29) is 11.4 Å². The fourth-order valence-electron chi connectivity index (χ4n) is 1.81. The van der Waals surface area contributed by atoms with Gasteiger partial charge in [-0.1, -0.05) is 18.2 Å². The normalized spacial score (nSPS) is 11.3. The number of anilines is 1. The lowest BCUT2D eigenvalue weighted by Crippen LogP contribution is -2.23. The summed E-state index contributed by atoms with van der Waals surface area (Å²) in [5.41, 5.74) is 7.02. The van der Waals surface area contributed by atoms with Crippen LogP contribution in [0.1, 0.15) is 5.56 Å². The summed E-state index contributed by atoms with van der Waals surface area (Å²) in [5.74, 6) is 0.562. The molecule has 0 saturated heterocycles. The summed E-state index contributed by atoms with van der Waals surface area (Å²) in [6, 6.07) is 11.8. The van der Waals surface area contributed by atoms with E-state index in [2.05, 4.69) is 20.7 Å². The minimum Gasteiger partial charge on any atom is -0.495 e. The summed E-state index contributed by atoms with van der Waals surface area (Å²) in [5, 5.41) is 0. The summed E-state index contributed by atoms with van der Waals surface area (Å²) in [4.78, 5) is 0.200. The van der Waals surface area contributed by atoms with E-state index >= 15 is 0 Å². The molecule has 0 amide bonds.